The van der Waals surface area contributed by atoms with Gasteiger partial charge in [-0.3, -0.25) is 9.59 Å². The van der Waals surface area contributed by atoms with Gasteiger partial charge in [0.05, 0.1) is 17.9 Å². The third-order valence-corrected chi connectivity index (χ3v) is 6.00. The smallest absolute Gasteiger partial charge is 0.231 e. The van der Waals surface area contributed by atoms with E-state index in [0.717, 1.165) is 25.8 Å². The molecule has 0 aliphatic carbocycles. The van der Waals surface area contributed by atoms with Crippen LogP contribution in [0.3, 0.4) is 0 Å². The van der Waals surface area contributed by atoms with Crippen molar-refractivity contribution in [1.29, 1.82) is 0 Å². The largest absolute Gasteiger partial charge is 0.381 e. The number of amides is 2. The van der Waals surface area contributed by atoms with Gasteiger partial charge in [0.2, 0.25) is 11.8 Å². The van der Waals surface area contributed by atoms with E-state index in [-0.39, 0.29) is 23.1 Å². The Bertz CT molecular complexity index is 683. The number of rotatable bonds is 3. The van der Waals surface area contributed by atoms with Crippen molar-refractivity contribution in [3.05, 3.63) is 35.4 Å². The zero-order valence-corrected chi connectivity index (χ0v) is 14.9. The van der Waals surface area contributed by atoms with Crippen LogP contribution in [0, 0.1) is 18.3 Å². The third-order valence-electron chi connectivity index (χ3n) is 6.00. The molecule has 3 aliphatic heterocycles. The lowest BCUT2D eigenvalue weighted by molar-refractivity contribution is -0.138. The minimum Gasteiger partial charge on any atom is -0.381 e. The Morgan fingerprint density at radius 2 is 2.16 bits per heavy atom. The maximum atomic E-state index is 13.1. The molecule has 0 saturated carbocycles. The molecule has 2 amide bonds. The van der Waals surface area contributed by atoms with Gasteiger partial charge < -0.3 is 14.5 Å². The van der Waals surface area contributed by atoms with Crippen molar-refractivity contribution in [3.63, 3.8) is 0 Å². The van der Waals surface area contributed by atoms with Gasteiger partial charge in [-0.1, -0.05) is 29.8 Å². The van der Waals surface area contributed by atoms with Gasteiger partial charge in [-0.25, -0.2) is 0 Å². The van der Waals surface area contributed by atoms with Crippen molar-refractivity contribution in [2.24, 2.45) is 11.3 Å². The van der Waals surface area contributed by atoms with Crippen LogP contribution in [-0.2, 0) is 20.9 Å². The SMILES string of the molecule is Cc1cccc(CN2CC[C@@]3(CCN(C(=O)[C@H]4CCOC4)C3)C2=O)c1. The van der Waals surface area contributed by atoms with Crippen molar-refractivity contribution in [2.75, 3.05) is 32.8 Å². The van der Waals surface area contributed by atoms with Crippen molar-refractivity contribution in [3.8, 4) is 0 Å². The summed E-state index contributed by atoms with van der Waals surface area (Å²) in [5.74, 6) is 0.404. The van der Waals surface area contributed by atoms with Crippen LogP contribution in [0.4, 0.5) is 0 Å². The van der Waals surface area contributed by atoms with Crippen molar-refractivity contribution in [1.82, 2.24) is 9.80 Å². The molecule has 3 fully saturated rings. The number of hydrogen-bond acceptors (Lipinski definition) is 3. The molecule has 134 valence electrons. The molecule has 0 bridgehead atoms. The van der Waals surface area contributed by atoms with E-state index in [1.165, 1.54) is 11.1 Å². The second-order valence-corrected chi connectivity index (χ2v) is 7.82. The van der Waals surface area contributed by atoms with Crippen LogP contribution < -0.4 is 0 Å². The highest BCUT2D eigenvalue weighted by Crippen LogP contribution is 2.41. The van der Waals surface area contributed by atoms with E-state index in [1.807, 2.05) is 15.9 Å². The fraction of sp³-hybridized carbons (Fsp3) is 0.600. The van der Waals surface area contributed by atoms with Gasteiger partial charge in [0.25, 0.3) is 0 Å². The van der Waals surface area contributed by atoms with E-state index in [2.05, 4.69) is 25.1 Å². The molecule has 2 atom stereocenters. The Balaban J connectivity index is 1.42. The van der Waals surface area contributed by atoms with Gasteiger partial charge in [0.15, 0.2) is 0 Å². The van der Waals surface area contributed by atoms with E-state index in [0.29, 0.717) is 32.8 Å². The standard InChI is InChI=1S/C20H26N2O3/c1-15-3-2-4-16(11-15)12-21-8-6-20(19(21)24)7-9-22(14-20)18(23)17-5-10-25-13-17/h2-4,11,17H,5-10,12-14H2,1H3/t17-,20-/m0/s1. The molecule has 3 aliphatic rings. The minimum atomic E-state index is -0.348. The van der Waals surface area contributed by atoms with Gasteiger partial charge in [0.1, 0.15) is 0 Å². The predicted molar refractivity (Wildman–Crippen MR) is 93.8 cm³/mol. The molecular weight excluding hydrogens is 316 g/mol. The normalized spacial score (nSPS) is 29.2. The molecule has 1 aromatic rings. The topological polar surface area (TPSA) is 49.9 Å². The van der Waals surface area contributed by atoms with Crippen molar-refractivity contribution < 1.29 is 14.3 Å². The molecule has 4 rings (SSSR count). The Kier molecular flexibility index (Phi) is 4.28. The van der Waals surface area contributed by atoms with Gasteiger partial charge in [0, 0.05) is 32.8 Å². The maximum absolute atomic E-state index is 13.1. The van der Waals surface area contributed by atoms with Gasteiger partial charge in [-0.2, -0.15) is 0 Å². The van der Waals surface area contributed by atoms with Crippen LogP contribution in [0.25, 0.3) is 0 Å². The second-order valence-electron chi connectivity index (χ2n) is 7.82. The first kappa shape index (κ1) is 16.6. The lowest BCUT2D eigenvalue weighted by Gasteiger charge is -2.25. The Morgan fingerprint density at radius 3 is 2.92 bits per heavy atom. The first-order valence-electron chi connectivity index (χ1n) is 9.29. The van der Waals surface area contributed by atoms with E-state index in [9.17, 15) is 9.59 Å². The fourth-order valence-electron chi connectivity index (χ4n) is 4.50. The molecule has 5 nitrogen and oxygen atoms in total. The van der Waals surface area contributed by atoms with E-state index < -0.39 is 0 Å². The zero-order chi connectivity index (χ0) is 17.4. The zero-order valence-electron chi connectivity index (χ0n) is 14.9. The van der Waals surface area contributed by atoms with Crippen LogP contribution in [0.5, 0.6) is 0 Å². The molecule has 5 heteroatoms. The molecule has 25 heavy (non-hydrogen) atoms. The van der Waals surface area contributed by atoms with Crippen LogP contribution in [0.15, 0.2) is 24.3 Å². The van der Waals surface area contributed by atoms with Crippen molar-refractivity contribution in [2.45, 2.75) is 32.7 Å². The summed E-state index contributed by atoms with van der Waals surface area (Å²) in [6.07, 6.45) is 2.48. The molecule has 3 heterocycles. The molecule has 1 aromatic carbocycles. The number of carbonyl (C=O) groups excluding carboxylic acids is 2. The lowest BCUT2D eigenvalue weighted by Crippen LogP contribution is -2.40. The summed E-state index contributed by atoms with van der Waals surface area (Å²) in [5.41, 5.74) is 2.05. The number of hydrogen-bond donors (Lipinski definition) is 0. The Morgan fingerprint density at radius 1 is 1.32 bits per heavy atom. The van der Waals surface area contributed by atoms with Crippen LogP contribution in [-0.4, -0.2) is 54.5 Å². The number of likely N-dealkylation sites (tertiary alicyclic amines) is 2. The first-order valence-corrected chi connectivity index (χ1v) is 9.29. The van der Waals surface area contributed by atoms with Crippen LogP contribution in [0.1, 0.15) is 30.4 Å². The molecule has 3 saturated heterocycles. The number of benzene rings is 1. The fourth-order valence-corrected chi connectivity index (χ4v) is 4.50. The average Bonchev–Trinajstić information content (AvgIpc) is 3.33. The highest BCUT2D eigenvalue weighted by molar-refractivity contribution is 5.87. The molecular formula is C20H26N2O3. The van der Waals surface area contributed by atoms with E-state index in [1.54, 1.807) is 0 Å². The monoisotopic (exact) mass is 342 g/mol. The first-order chi connectivity index (χ1) is 12.1. The molecule has 0 N–H and O–H groups in total. The second kappa shape index (κ2) is 6.45. The average molecular weight is 342 g/mol. The maximum Gasteiger partial charge on any atom is 0.231 e. The Hall–Kier alpha value is -1.88. The highest BCUT2D eigenvalue weighted by Gasteiger charge is 2.52. The summed E-state index contributed by atoms with van der Waals surface area (Å²) in [4.78, 5) is 29.6. The molecule has 1 spiro atoms. The predicted octanol–water partition coefficient (Wildman–Crippen LogP) is 1.98. The summed E-state index contributed by atoms with van der Waals surface area (Å²) in [6, 6.07) is 8.34. The summed E-state index contributed by atoms with van der Waals surface area (Å²) < 4.78 is 5.35. The number of nitrogens with zero attached hydrogens (tertiary/aromatic N) is 2. The highest BCUT2D eigenvalue weighted by atomic mass is 16.5. The van der Waals surface area contributed by atoms with Crippen LogP contribution >= 0.6 is 0 Å². The lowest BCUT2D eigenvalue weighted by atomic mass is 9.85. The summed E-state index contributed by atoms with van der Waals surface area (Å²) in [6.45, 7) is 6.05. The molecule has 0 radical (unpaired) electrons. The third kappa shape index (κ3) is 3.06. The van der Waals surface area contributed by atoms with Gasteiger partial charge in [-0.05, 0) is 31.7 Å². The summed E-state index contributed by atoms with van der Waals surface area (Å²) >= 11 is 0. The number of carbonyl (C=O) groups is 2. The summed E-state index contributed by atoms with van der Waals surface area (Å²) in [7, 11) is 0. The van der Waals surface area contributed by atoms with Gasteiger partial charge in [-0.15, -0.1) is 0 Å². The quantitative estimate of drug-likeness (QED) is 0.844. The summed E-state index contributed by atoms with van der Waals surface area (Å²) in [5, 5.41) is 0. The van der Waals surface area contributed by atoms with Gasteiger partial charge >= 0.3 is 0 Å². The van der Waals surface area contributed by atoms with E-state index >= 15 is 0 Å². The minimum absolute atomic E-state index is 0.00458. The van der Waals surface area contributed by atoms with E-state index in [4.69, 9.17) is 4.74 Å². The Labute approximate surface area is 148 Å². The molecule has 0 aromatic heterocycles. The van der Waals surface area contributed by atoms with Crippen LogP contribution in [0.2, 0.25) is 0 Å². The van der Waals surface area contributed by atoms with Crippen molar-refractivity contribution >= 4 is 11.8 Å². The molecule has 0 unspecified atom stereocenters. The number of ether oxygens (including phenoxy) is 1. The number of aryl methyl sites for hydroxylation is 1.